The maximum absolute atomic E-state index is 11.1. The quantitative estimate of drug-likeness (QED) is 0.589. The molecule has 22 heavy (non-hydrogen) atoms. The van der Waals surface area contributed by atoms with Gasteiger partial charge in [0, 0.05) is 23.7 Å². The van der Waals surface area contributed by atoms with Gasteiger partial charge in [-0.15, -0.1) is 0 Å². The fourth-order valence-corrected chi connectivity index (χ4v) is 2.10. The van der Waals surface area contributed by atoms with Crippen molar-refractivity contribution in [3.05, 3.63) is 65.1 Å². The maximum atomic E-state index is 11.1. The molecule has 5 N–H and O–H groups in total. The number of rotatable bonds is 4. The van der Waals surface area contributed by atoms with Gasteiger partial charge in [0.1, 0.15) is 0 Å². The molecule has 0 aliphatic heterocycles. The van der Waals surface area contributed by atoms with Gasteiger partial charge in [-0.25, -0.2) is 10.6 Å². The largest absolute Gasteiger partial charge is 0.478 e. The number of nitrogens with two attached hydrogens (primary N) is 2. The van der Waals surface area contributed by atoms with Crippen molar-refractivity contribution in [2.75, 3.05) is 5.01 Å². The van der Waals surface area contributed by atoms with E-state index in [1.807, 2.05) is 19.9 Å². The standard InChI is InChI=1S/C16H18N4O2/c1-10-5-6-12(16(21)22)8-15(10)20(18)9-14(17)13-4-3-7-19-11(13)2/h3-9H,17-18H2,1-2H3,(H,21,22). The number of aromatic carboxylic acids is 1. The van der Waals surface area contributed by atoms with Gasteiger partial charge in [0.25, 0.3) is 0 Å². The minimum Gasteiger partial charge on any atom is -0.478 e. The van der Waals surface area contributed by atoms with Gasteiger partial charge in [0.15, 0.2) is 0 Å². The van der Waals surface area contributed by atoms with Crippen LogP contribution in [-0.2, 0) is 0 Å². The van der Waals surface area contributed by atoms with E-state index < -0.39 is 5.97 Å². The summed E-state index contributed by atoms with van der Waals surface area (Å²) in [5.41, 5.74) is 9.68. The van der Waals surface area contributed by atoms with E-state index in [0.29, 0.717) is 11.4 Å². The Labute approximate surface area is 128 Å². The minimum atomic E-state index is -1.00. The van der Waals surface area contributed by atoms with E-state index in [1.165, 1.54) is 17.1 Å². The Morgan fingerprint density at radius 2 is 2.05 bits per heavy atom. The Kier molecular flexibility index (Phi) is 4.43. The Morgan fingerprint density at radius 3 is 2.68 bits per heavy atom. The highest BCUT2D eigenvalue weighted by Gasteiger charge is 2.10. The molecule has 0 aliphatic rings. The van der Waals surface area contributed by atoms with Gasteiger partial charge < -0.3 is 10.8 Å². The number of carboxylic acid groups (broad SMARTS) is 1. The monoisotopic (exact) mass is 298 g/mol. The lowest BCUT2D eigenvalue weighted by atomic mass is 10.1. The number of nitrogens with zero attached hydrogens (tertiary/aromatic N) is 2. The second kappa shape index (κ2) is 6.28. The van der Waals surface area contributed by atoms with Crippen molar-refractivity contribution >= 4 is 17.4 Å². The third kappa shape index (κ3) is 3.24. The molecule has 0 saturated carbocycles. The average Bonchev–Trinajstić information content (AvgIpc) is 2.47. The summed E-state index contributed by atoms with van der Waals surface area (Å²) in [4.78, 5) is 15.2. The van der Waals surface area contributed by atoms with Crippen molar-refractivity contribution < 1.29 is 9.90 Å². The Morgan fingerprint density at radius 1 is 1.32 bits per heavy atom. The number of benzene rings is 1. The predicted octanol–water partition coefficient (Wildman–Crippen LogP) is 2.03. The summed E-state index contributed by atoms with van der Waals surface area (Å²) in [6, 6.07) is 8.39. The average molecular weight is 298 g/mol. The molecule has 6 heteroatoms. The van der Waals surface area contributed by atoms with Crippen LogP contribution in [-0.4, -0.2) is 16.1 Å². The van der Waals surface area contributed by atoms with Gasteiger partial charge in [-0.1, -0.05) is 6.07 Å². The molecule has 0 atom stereocenters. The third-order valence-electron chi connectivity index (χ3n) is 3.33. The zero-order valence-electron chi connectivity index (χ0n) is 12.4. The van der Waals surface area contributed by atoms with E-state index in [0.717, 1.165) is 16.8 Å². The molecular formula is C16H18N4O2. The molecule has 1 aromatic carbocycles. The highest BCUT2D eigenvalue weighted by Crippen LogP contribution is 2.21. The number of aromatic nitrogens is 1. The molecule has 0 spiro atoms. The molecule has 6 nitrogen and oxygen atoms in total. The Hall–Kier alpha value is -2.86. The van der Waals surface area contributed by atoms with E-state index in [1.54, 1.807) is 24.5 Å². The molecule has 2 aromatic rings. The topological polar surface area (TPSA) is 105 Å². The van der Waals surface area contributed by atoms with Crippen LogP contribution in [0.1, 0.15) is 27.2 Å². The number of hydrazine groups is 1. The first-order valence-electron chi connectivity index (χ1n) is 6.67. The highest BCUT2D eigenvalue weighted by atomic mass is 16.4. The van der Waals surface area contributed by atoms with E-state index in [-0.39, 0.29) is 5.56 Å². The molecule has 1 aromatic heterocycles. The predicted molar refractivity (Wildman–Crippen MR) is 85.9 cm³/mol. The van der Waals surface area contributed by atoms with Gasteiger partial charge in [-0.2, -0.15) is 0 Å². The Bertz CT molecular complexity index is 741. The lowest BCUT2D eigenvalue weighted by Gasteiger charge is -2.18. The molecule has 0 radical (unpaired) electrons. The number of carboxylic acids is 1. The summed E-state index contributed by atoms with van der Waals surface area (Å²) < 4.78 is 0. The maximum Gasteiger partial charge on any atom is 0.335 e. The van der Waals surface area contributed by atoms with Gasteiger partial charge in [0.05, 0.1) is 16.9 Å². The summed E-state index contributed by atoms with van der Waals surface area (Å²) in [5, 5.41) is 10.4. The molecule has 0 fully saturated rings. The van der Waals surface area contributed by atoms with Crippen LogP contribution in [0, 0.1) is 13.8 Å². The highest BCUT2D eigenvalue weighted by molar-refractivity contribution is 5.89. The summed E-state index contributed by atoms with van der Waals surface area (Å²) >= 11 is 0. The van der Waals surface area contributed by atoms with E-state index in [9.17, 15) is 4.79 Å². The normalized spacial score (nSPS) is 11.3. The van der Waals surface area contributed by atoms with E-state index >= 15 is 0 Å². The van der Waals surface area contributed by atoms with Gasteiger partial charge in [-0.3, -0.25) is 9.99 Å². The third-order valence-corrected chi connectivity index (χ3v) is 3.33. The lowest BCUT2D eigenvalue weighted by molar-refractivity contribution is 0.0697. The molecule has 0 unspecified atom stereocenters. The molecule has 1 heterocycles. The fourth-order valence-electron chi connectivity index (χ4n) is 2.10. The summed E-state index contributed by atoms with van der Waals surface area (Å²) in [7, 11) is 0. The van der Waals surface area contributed by atoms with Crippen molar-refractivity contribution in [1.29, 1.82) is 0 Å². The van der Waals surface area contributed by atoms with Crippen LogP contribution in [0.3, 0.4) is 0 Å². The van der Waals surface area contributed by atoms with Crippen LogP contribution >= 0.6 is 0 Å². The summed E-state index contributed by atoms with van der Waals surface area (Å²) in [6.07, 6.45) is 3.24. The number of anilines is 1. The summed E-state index contributed by atoms with van der Waals surface area (Å²) in [6.45, 7) is 3.70. The number of aryl methyl sites for hydroxylation is 2. The zero-order valence-corrected chi connectivity index (χ0v) is 12.4. The molecule has 0 amide bonds. The molecule has 0 aliphatic carbocycles. The second-order valence-corrected chi connectivity index (χ2v) is 4.93. The first-order valence-corrected chi connectivity index (χ1v) is 6.67. The number of carbonyl (C=O) groups is 1. The first kappa shape index (κ1) is 15.5. The van der Waals surface area contributed by atoms with Crippen molar-refractivity contribution in [1.82, 2.24) is 4.98 Å². The smallest absolute Gasteiger partial charge is 0.335 e. The first-order chi connectivity index (χ1) is 10.4. The Balaban J connectivity index is 2.38. The molecule has 2 rings (SSSR count). The fraction of sp³-hybridized carbons (Fsp3) is 0.125. The van der Waals surface area contributed by atoms with Crippen LogP contribution in [0.25, 0.3) is 5.70 Å². The lowest BCUT2D eigenvalue weighted by Crippen LogP contribution is -2.27. The molecule has 0 bridgehead atoms. The number of pyridine rings is 1. The van der Waals surface area contributed by atoms with Gasteiger partial charge in [0.2, 0.25) is 0 Å². The van der Waals surface area contributed by atoms with Crippen molar-refractivity contribution in [3.63, 3.8) is 0 Å². The molecular weight excluding hydrogens is 280 g/mol. The van der Waals surface area contributed by atoms with E-state index in [4.69, 9.17) is 16.7 Å². The number of hydrogen-bond acceptors (Lipinski definition) is 5. The summed E-state index contributed by atoms with van der Waals surface area (Å²) in [5.74, 6) is 5.01. The van der Waals surface area contributed by atoms with Gasteiger partial charge >= 0.3 is 5.97 Å². The van der Waals surface area contributed by atoms with Crippen LogP contribution in [0.15, 0.2) is 42.7 Å². The molecule has 114 valence electrons. The van der Waals surface area contributed by atoms with Crippen LogP contribution < -0.4 is 16.6 Å². The van der Waals surface area contributed by atoms with Gasteiger partial charge in [-0.05, 0) is 43.7 Å². The van der Waals surface area contributed by atoms with Crippen LogP contribution in [0.4, 0.5) is 5.69 Å². The number of hydrogen-bond donors (Lipinski definition) is 3. The van der Waals surface area contributed by atoms with Crippen molar-refractivity contribution in [3.8, 4) is 0 Å². The van der Waals surface area contributed by atoms with Crippen molar-refractivity contribution in [2.24, 2.45) is 11.6 Å². The SMILES string of the molecule is Cc1ccc(C(=O)O)cc1N(N)C=C(N)c1cccnc1C. The van der Waals surface area contributed by atoms with Crippen molar-refractivity contribution in [2.45, 2.75) is 13.8 Å². The molecule has 0 saturated heterocycles. The second-order valence-electron chi connectivity index (χ2n) is 4.93. The minimum absolute atomic E-state index is 0.167. The van der Waals surface area contributed by atoms with E-state index in [2.05, 4.69) is 4.98 Å². The van der Waals surface area contributed by atoms with Crippen LogP contribution in [0.5, 0.6) is 0 Å². The van der Waals surface area contributed by atoms with Crippen LogP contribution in [0.2, 0.25) is 0 Å². The zero-order chi connectivity index (χ0) is 16.3.